The number of aliphatic carboxylic acids is 1. The number of carboxylic acid groups (broad SMARTS) is 1. The first-order valence-electron chi connectivity index (χ1n) is 9.82. The Morgan fingerprint density at radius 2 is 1.58 bits per heavy atom. The van der Waals surface area contributed by atoms with Crippen molar-refractivity contribution in [2.75, 3.05) is 0 Å². The van der Waals surface area contributed by atoms with Gasteiger partial charge in [0.1, 0.15) is 18.7 Å². The van der Waals surface area contributed by atoms with Crippen molar-refractivity contribution >= 4 is 18.0 Å². The van der Waals surface area contributed by atoms with E-state index >= 15 is 0 Å². The molecule has 2 aromatic carbocycles. The second-order valence-corrected chi connectivity index (χ2v) is 7.22. The second kappa shape index (κ2) is 11.3. The highest BCUT2D eigenvalue weighted by atomic mass is 19.4. The summed E-state index contributed by atoms with van der Waals surface area (Å²) >= 11 is 0. The lowest BCUT2D eigenvalue weighted by molar-refractivity contribution is -0.142. The maximum absolute atomic E-state index is 12.7. The highest BCUT2D eigenvalue weighted by Crippen LogP contribution is 2.29. The summed E-state index contributed by atoms with van der Waals surface area (Å²) in [5, 5.41) is 23.6. The molecule has 0 fully saturated rings. The number of hydrogen-bond acceptors (Lipinski definition) is 5. The number of carbonyl (C=O) groups is 3. The van der Waals surface area contributed by atoms with Gasteiger partial charge in [0.2, 0.25) is 5.91 Å². The van der Waals surface area contributed by atoms with Crippen molar-refractivity contribution < 1.29 is 42.5 Å². The molecule has 3 atom stereocenters. The molecular formula is C22H23F3N2O6. The van der Waals surface area contributed by atoms with E-state index in [0.717, 1.165) is 24.3 Å². The minimum atomic E-state index is -4.54. The smallest absolute Gasteiger partial charge is 0.416 e. The van der Waals surface area contributed by atoms with Crippen LogP contribution < -0.4 is 10.6 Å². The van der Waals surface area contributed by atoms with Crippen LogP contribution in [0.2, 0.25) is 0 Å². The monoisotopic (exact) mass is 468 g/mol. The van der Waals surface area contributed by atoms with E-state index in [2.05, 4.69) is 10.6 Å². The summed E-state index contributed by atoms with van der Waals surface area (Å²) < 4.78 is 43.0. The van der Waals surface area contributed by atoms with Crippen LogP contribution in [0.4, 0.5) is 18.0 Å². The molecule has 0 saturated heterocycles. The molecule has 2 amide bonds. The number of nitrogens with one attached hydrogen (secondary N) is 2. The summed E-state index contributed by atoms with van der Waals surface area (Å²) in [5.41, 5.74) is 0.0299. The fourth-order valence-electron chi connectivity index (χ4n) is 2.82. The predicted octanol–water partition coefficient (Wildman–Crippen LogP) is 2.49. The normalized spacial score (nSPS) is 14.0. The van der Waals surface area contributed by atoms with Crippen LogP contribution in [0.3, 0.4) is 0 Å². The zero-order chi connectivity index (χ0) is 24.6. The molecule has 0 bridgehead atoms. The number of aliphatic hydroxyl groups is 1. The van der Waals surface area contributed by atoms with E-state index in [0.29, 0.717) is 5.56 Å². The molecule has 178 valence electrons. The lowest BCUT2D eigenvalue weighted by Gasteiger charge is -2.23. The standard InChI is InChI=1S/C22H23F3N2O6/c1-13(28)18(27-21(32)33-12-15-5-3-2-4-6-15)19(29)26-17(20(30)31)11-14-7-9-16(10-8-14)22(23,24)25/h2-10,13,17-18,28H,11-12H2,1H3,(H,26,29)(H,27,32)(H,30,31)/t13-,17+,18+/m1/s1. The maximum atomic E-state index is 12.7. The number of alkyl carbamates (subject to hydrolysis) is 1. The van der Waals surface area contributed by atoms with E-state index < -0.39 is 47.9 Å². The molecule has 0 aliphatic rings. The topological polar surface area (TPSA) is 125 Å². The second-order valence-electron chi connectivity index (χ2n) is 7.22. The Hall–Kier alpha value is -3.60. The largest absolute Gasteiger partial charge is 0.480 e. The minimum Gasteiger partial charge on any atom is -0.480 e. The summed E-state index contributed by atoms with van der Waals surface area (Å²) in [6.07, 6.45) is -7.25. The molecule has 33 heavy (non-hydrogen) atoms. The molecule has 0 heterocycles. The van der Waals surface area contributed by atoms with Crippen LogP contribution in [-0.2, 0) is 33.5 Å². The average Bonchev–Trinajstić information content (AvgIpc) is 2.75. The Morgan fingerprint density at radius 1 is 0.970 bits per heavy atom. The number of rotatable bonds is 9. The van der Waals surface area contributed by atoms with Crippen LogP contribution in [-0.4, -0.2) is 46.4 Å². The summed E-state index contributed by atoms with van der Waals surface area (Å²) in [6, 6.07) is 9.47. The van der Waals surface area contributed by atoms with Crippen LogP contribution >= 0.6 is 0 Å². The zero-order valence-corrected chi connectivity index (χ0v) is 17.5. The van der Waals surface area contributed by atoms with Crippen molar-refractivity contribution in [2.24, 2.45) is 0 Å². The third-order valence-corrected chi connectivity index (χ3v) is 4.59. The SMILES string of the molecule is C[C@@H](O)[C@H](NC(=O)OCc1ccccc1)C(=O)N[C@@H](Cc1ccc(C(F)(F)F)cc1)C(=O)O. The minimum absolute atomic E-state index is 0.0908. The fraction of sp³-hybridized carbons (Fsp3) is 0.318. The Bertz CT molecular complexity index is 949. The molecule has 0 aliphatic heterocycles. The van der Waals surface area contributed by atoms with Crippen LogP contribution in [0.5, 0.6) is 0 Å². The Labute approximate surface area is 187 Å². The van der Waals surface area contributed by atoms with Crippen LogP contribution in [0.15, 0.2) is 54.6 Å². The van der Waals surface area contributed by atoms with E-state index in [1.54, 1.807) is 30.3 Å². The molecule has 0 unspecified atom stereocenters. The van der Waals surface area contributed by atoms with Gasteiger partial charge in [-0.15, -0.1) is 0 Å². The van der Waals surface area contributed by atoms with E-state index in [1.807, 2.05) is 0 Å². The maximum Gasteiger partial charge on any atom is 0.416 e. The summed E-state index contributed by atoms with van der Waals surface area (Å²) in [4.78, 5) is 36.1. The number of aliphatic hydroxyl groups excluding tert-OH is 1. The lowest BCUT2D eigenvalue weighted by atomic mass is 10.0. The van der Waals surface area contributed by atoms with Gasteiger partial charge in [-0.2, -0.15) is 13.2 Å². The first-order chi connectivity index (χ1) is 15.5. The van der Waals surface area contributed by atoms with Gasteiger partial charge in [-0.25, -0.2) is 9.59 Å². The molecule has 0 radical (unpaired) electrons. The summed E-state index contributed by atoms with van der Waals surface area (Å²) in [6.45, 7) is 1.12. The van der Waals surface area contributed by atoms with Crippen LogP contribution in [0.1, 0.15) is 23.6 Å². The number of benzene rings is 2. The summed E-state index contributed by atoms with van der Waals surface area (Å²) in [5.74, 6) is -2.44. The number of carboxylic acids is 1. The summed E-state index contributed by atoms with van der Waals surface area (Å²) in [7, 11) is 0. The van der Waals surface area contributed by atoms with Gasteiger partial charge < -0.3 is 25.6 Å². The van der Waals surface area contributed by atoms with Crippen molar-refractivity contribution in [3.8, 4) is 0 Å². The van der Waals surface area contributed by atoms with Gasteiger partial charge in [-0.05, 0) is 30.2 Å². The van der Waals surface area contributed by atoms with Gasteiger partial charge in [0.15, 0.2) is 0 Å². The first kappa shape index (κ1) is 25.7. The third kappa shape index (κ3) is 8.11. The van der Waals surface area contributed by atoms with Gasteiger partial charge in [0, 0.05) is 6.42 Å². The lowest BCUT2D eigenvalue weighted by Crippen LogP contribution is -2.56. The molecule has 0 saturated carbocycles. The molecule has 0 spiro atoms. The molecule has 4 N–H and O–H groups in total. The van der Waals surface area contributed by atoms with E-state index in [4.69, 9.17) is 4.74 Å². The number of amides is 2. The molecule has 2 aromatic rings. The van der Waals surface area contributed by atoms with Crippen LogP contribution in [0.25, 0.3) is 0 Å². The quantitative estimate of drug-likeness (QED) is 0.448. The molecule has 0 aliphatic carbocycles. The van der Waals surface area contributed by atoms with E-state index in [1.165, 1.54) is 6.92 Å². The first-order valence-corrected chi connectivity index (χ1v) is 9.82. The number of hydrogen-bond donors (Lipinski definition) is 4. The number of ether oxygens (including phenoxy) is 1. The average molecular weight is 468 g/mol. The number of carbonyl (C=O) groups excluding carboxylic acids is 2. The van der Waals surface area contributed by atoms with Crippen molar-refractivity contribution in [3.63, 3.8) is 0 Å². The van der Waals surface area contributed by atoms with Gasteiger partial charge in [-0.3, -0.25) is 4.79 Å². The van der Waals surface area contributed by atoms with E-state index in [9.17, 15) is 37.8 Å². The highest BCUT2D eigenvalue weighted by molar-refractivity contribution is 5.89. The van der Waals surface area contributed by atoms with Gasteiger partial charge >= 0.3 is 18.2 Å². The van der Waals surface area contributed by atoms with Gasteiger partial charge in [-0.1, -0.05) is 42.5 Å². The van der Waals surface area contributed by atoms with E-state index in [-0.39, 0.29) is 18.6 Å². The van der Waals surface area contributed by atoms with Crippen molar-refractivity contribution in [1.29, 1.82) is 0 Å². The molecule has 8 nitrogen and oxygen atoms in total. The fourth-order valence-corrected chi connectivity index (χ4v) is 2.82. The van der Waals surface area contributed by atoms with Crippen molar-refractivity contribution in [1.82, 2.24) is 10.6 Å². The van der Waals surface area contributed by atoms with Crippen LogP contribution in [0, 0.1) is 0 Å². The number of halogens is 3. The van der Waals surface area contributed by atoms with Gasteiger partial charge in [0.25, 0.3) is 0 Å². The Kier molecular flexibility index (Phi) is 8.80. The highest BCUT2D eigenvalue weighted by Gasteiger charge is 2.32. The van der Waals surface area contributed by atoms with Crippen molar-refractivity contribution in [2.45, 2.75) is 44.3 Å². The molecular weight excluding hydrogens is 445 g/mol. The number of alkyl halides is 3. The zero-order valence-electron chi connectivity index (χ0n) is 17.5. The third-order valence-electron chi connectivity index (χ3n) is 4.59. The molecule has 2 rings (SSSR count). The Morgan fingerprint density at radius 3 is 2.09 bits per heavy atom. The molecule has 11 heteroatoms. The van der Waals surface area contributed by atoms with Crippen molar-refractivity contribution in [3.05, 3.63) is 71.3 Å². The molecule has 0 aromatic heterocycles. The Balaban J connectivity index is 2.00. The predicted molar refractivity (Wildman–Crippen MR) is 110 cm³/mol. The van der Waals surface area contributed by atoms with Gasteiger partial charge in [0.05, 0.1) is 11.7 Å².